The molecule has 10 nitrogen and oxygen atoms in total. The van der Waals surface area contributed by atoms with E-state index in [1.54, 1.807) is 48.5 Å². The highest BCUT2D eigenvalue weighted by atomic mass is 32.2. The SMILES string of the molecule is COc1ccc(NS(=O)(=O)c2ccc(OCC(=O)Nc3ccc(C(=O)N4CCN(C)CC4)cc3)cc2)cc1. The second-order valence-electron chi connectivity index (χ2n) is 8.82. The summed E-state index contributed by atoms with van der Waals surface area (Å²) in [4.78, 5) is 29.0. The third-order valence-corrected chi connectivity index (χ3v) is 7.45. The zero-order valence-electron chi connectivity index (χ0n) is 21.2. The molecule has 11 heteroatoms. The van der Waals surface area contributed by atoms with E-state index in [-0.39, 0.29) is 23.3 Å². The third-order valence-electron chi connectivity index (χ3n) is 6.05. The number of carbonyl (C=O) groups excluding carboxylic acids is 2. The molecule has 2 amide bonds. The monoisotopic (exact) mass is 538 g/mol. The van der Waals surface area contributed by atoms with E-state index in [2.05, 4.69) is 14.9 Å². The molecule has 3 aromatic rings. The second kappa shape index (κ2) is 12.0. The Morgan fingerprint density at radius 2 is 1.39 bits per heavy atom. The molecule has 1 aliphatic rings. The summed E-state index contributed by atoms with van der Waals surface area (Å²) in [5, 5.41) is 2.72. The minimum Gasteiger partial charge on any atom is -0.497 e. The minimum atomic E-state index is -3.80. The molecule has 0 atom stereocenters. The van der Waals surface area contributed by atoms with Crippen LogP contribution in [0.2, 0.25) is 0 Å². The zero-order valence-corrected chi connectivity index (χ0v) is 22.0. The van der Waals surface area contributed by atoms with E-state index in [0.717, 1.165) is 13.1 Å². The molecule has 1 fully saturated rings. The van der Waals surface area contributed by atoms with Crippen LogP contribution in [0.25, 0.3) is 0 Å². The topological polar surface area (TPSA) is 117 Å². The number of likely N-dealkylation sites (N-methyl/N-ethyl adjacent to an activating group) is 1. The molecule has 0 unspecified atom stereocenters. The molecule has 0 bridgehead atoms. The highest BCUT2D eigenvalue weighted by molar-refractivity contribution is 7.92. The van der Waals surface area contributed by atoms with E-state index in [4.69, 9.17) is 9.47 Å². The summed E-state index contributed by atoms with van der Waals surface area (Å²) >= 11 is 0. The normalized spacial score (nSPS) is 14.0. The van der Waals surface area contributed by atoms with Gasteiger partial charge >= 0.3 is 0 Å². The Labute approximate surface area is 222 Å². The van der Waals surface area contributed by atoms with Gasteiger partial charge in [-0.05, 0) is 79.8 Å². The Kier molecular flexibility index (Phi) is 8.49. The molecule has 0 saturated carbocycles. The van der Waals surface area contributed by atoms with Crippen LogP contribution in [0.4, 0.5) is 11.4 Å². The third kappa shape index (κ3) is 7.02. The number of amides is 2. The van der Waals surface area contributed by atoms with Crippen molar-refractivity contribution in [3.05, 3.63) is 78.4 Å². The molecular weight excluding hydrogens is 508 g/mol. The summed E-state index contributed by atoms with van der Waals surface area (Å²) in [6.07, 6.45) is 0. The lowest BCUT2D eigenvalue weighted by Crippen LogP contribution is -2.47. The van der Waals surface area contributed by atoms with Crippen LogP contribution in [0.15, 0.2) is 77.7 Å². The molecular formula is C27H30N4O6S. The molecule has 0 radical (unpaired) electrons. The first-order valence-electron chi connectivity index (χ1n) is 12.0. The Morgan fingerprint density at radius 3 is 2.00 bits per heavy atom. The number of nitrogens with zero attached hydrogens (tertiary/aromatic N) is 2. The number of hydrogen-bond donors (Lipinski definition) is 2. The maximum atomic E-state index is 12.7. The highest BCUT2D eigenvalue weighted by Gasteiger charge is 2.20. The average molecular weight is 539 g/mol. The quantitative estimate of drug-likeness (QED) is 0.430. The fourth-order valence-electron chi connectivity index (χ4n) is 3.82. The molecule has 200 valence electrons. The molecule has 1 heterocycles. The largest absolute Gasteiger partial charge is 0.497 e. The fraction of sp³-hybridized carbons (Fsp3) is 0.259. The van der Waals surface area contributed by atoms with Gasteiger partial charge in [0, 0.05) is 43.1 Å². The smallest absolute Gasteiger partial charge is 0.262 e. The number of hydrogen-bond acceptors (Lipinski definition) is 7. The van der Waals surface area contributed by atoms with Gasteiger partial charge in [0.1, 0.15) is 11.5 Å². The van der Waals surface area contributed by atoms with Crippen molar-refractivity contribution in [1.82, 2.24) is 9.80 Å². The first-order chi connectivity index (χ1) is 18.2. The number of benzene rings is 3. The minimum absolute atomic E-state index is 0.0241. The van der Waals surface area contributed by atoms with Crippen molar-refractivity contribution in [3.8, 4) is 11.5 Å². The van der Waals surface area contributed by atoms with Crippen LogP contribution in [0, 0.1) is 0 Å². The number of sulfonamides is 1. The number of ether oxygens (including phenoxy) is 2. The maximum Gasteiger partial charge on any atom is 0.262 e. The zero-order chi connectivity index (χ0) is 27.1. The van der Waals surface area contributed by atoms with E-state index in [1.165, 1.54) is 31.4 Å². The molecule has 0 aliphatic carbocycles. The first-order valence-corrected chi connectivity index (χ1v) is 13.5. The first kappa shape index (κ1) is 27.0. The lowest BCUT2D eigenvalue weighted by Gasteiger charge is -2.32. The summed E-state index contributed by atoms with van der Waals surface area (Å²) in [5.41, 5.74) is 1.51. The van der Waals surface area contributed by atoms with Crippen molar-refractivity contribution >= 4 is 33.2 Å². The van der Waals surface area contributed by atoms with E-state index in [0.29, 0.717) is 41.5 Å². The summed E-state index contributed by atoms with van der Waals surface area (Å²) in [7, 11) is -0.232. The van der Waals surface area contributed by atoms with E-state index < -0.39 is 10.0 Å². The van der Waals surface area contributed by atoms with E-state index in [1.807, 2.05) is 11.9 Å². The van der Waals surface area contributed by atoms with Gasteiger partial charge in [-0.1, -0.05) is 0 Å². The van der Waals surface area contributed by atoms with Crippen LogP contribution in [-0.4, -0.2) is 77.0 Å². The number of carbonyl (C=O) groups is 2. The standard InChI is InChI=1S/C27H30N4O6S/c1-30-15-17-31(18-16-30)27(33)20-3-5-21(6-4-20)28-26(32)19-37-24-11-13-25(14-12-24)38(34,35)29-22-7-9-23(36-2)10-8-22/h3-14,29H,15-19H2,1-2H3,(H,28,32). The fourth-order valence-corrected chi connectivity index (χ4v) is 4.88. The van der Waals surface area contributed by atoms with Crippen LogP contribution in [-0.2, 0) is 14.8 Å². The molecule has 0 aromatic heterocycles. The van der Waals surface area contributed by atoms with Gasteiger partial charge in [-0.3, -0.25) is 14.3 Å². The van der Waals surface area contributed by atoms with Gasteiger partial charge in [0.05, 0.1) is 12.0 Å². The molecule has 2 N–H and O–H groups in total. The second-order valence-corrected chi connectivity index (χ2v) is 10.5. The summed E-state index contributed by atoms with van der Waals surface area (Å²) in [6, 6.07) is 19.0. The molecule has 3 aromatic carbocycles. The van der Waals surface area contributed by atoms with Crippen molar-refractivity contribution in [2.24, 2.45) is 0 Å². The van der Waals surface area contributed by atoms with Crippen molar-refractivity contribution in [1.29, 1.82) is 0 Å². The molecule has 0 spiro atoms. The van der Waals surface area contributed by atoms with Gasteiger partial charge in [0.15, 0.2) is 6.61 Å². The lowest BCUT2D eigenvalue weighted by molar-refractivity contribution is -0.118. The van der Waals surface area contributed by atoms with Crippen LogP contribution < -0.4 is 19.5 Å². The Bertz CT molecular complexity index is 1350. The predicted octanol–water partition coefficient (Wildman–Crippen LogP) is 2.90. The Balaban J connectivity index is 1.26. The van der Waals surface area contributed by atoms with Gasteiger partial charge in [0.2, 0.25) is 0 Å². The van der Waals surface area contributed by atoms with Crippen LogP contribution >= 0.6 is 0 Å². The average Bonchev–Trinajstić information content (AvgIpc) is 2.93. The number of methoxy groups -OCH3 is 1. The van der Waals surface area contributed by atoms with Crippen molar-refractivity contribution in [3.63, 3.8) is 0 Å². The van der Waals surface area contributed by atoms with Crippen molar-refractivity contribution in [2.75, 3.05) is 57.0 Å². The lowest BCUT2D eigenvalue weighted by atomic mass is 10.1. The summed E-state index contributed by atoms with van der Waals surface area (Å²) in [6.45, 7) is 2.81. The molecule has 1 saturated heterocycles. The van der Waals surface area contributed by atoms with Gasteiger partial charge in [-0.15, -0.1) is 0 Å². The number of rotatable bonds is 9. The van der Waals surface area contributed by atoms with Gasteiger partial charge in [-0.25, -0.2) is 8.42 Å². The van der Waals surface area contributed by atoms with Gasteiger partial charge < -0.3 is 24.6 Å². The number of nitrogens with one attached hydrogen (secondary N) is 2. The van der Waals surface area contributed by atoms with Gasteiger partial charge in [0.25, 0.3) is 21.8 Å². The molecule has 38 heavy (non-hydrogen) atoms. The summed E-state index contributed by atoms with van der Waals surface area (Å²) in [5.74, 6) is 0.550. The molecule has 4 rings (SSSR count). The van der Waals surface area contributed by atoms with E-state index in [9.17, 15) is 18.0 Å². The number of anilines is 2. The number of piperazine rings is 1. The Hall–Kier alpha value is -4.09. The Morgan fingerprint density at radius 1 is 0.816 bits per heavy atom. The summed E-state index contributed by atoms with van der Waals surface area (Å²) < 4.78 is 38.3. The van der Waals surface area contributed by atoms with Crippen LogP contribution in [0.5, 0.6) is 11.5 Å². The van der Waals surface area contributed by atoms with Crippen LogP contribution in [0.1, 0.15) is 10.4 Å². The highest BCUT2D eigenvalue weighted by Crippen LogP contribution is 2.21. The van der Waals surface area contributed by atoms with Gasteiger partial charge in [-0.2, -0.15) is 0 Å². The predicted molar refractivity (Wildman–Crippen MR) is 144 cm³/mol. The van der Waals surface area contributed by atoms with Crippen molar-refractivity contribution < 1.29 is 27.5 Å². The molecule has 1 aliphatic heterocycles. The maximum absolute atomic E-state index is 12.7. The van der Waals surface area contributed by atoms with Crippen molar-refractivity contribution in [2.45, 2.75) is 4.90 Å². The van der Waals surface area contributed by atoms with Crippen LogP contribution in [0.3, 0.4) is 0 Å². The van der Waals surface area contributed by atoms with E-state index >= 15 is 0 Å².